The number of hydrogen-bond donors (Lipinski definition) is 1. The van der Waals surface area contributed by atoms with Crippen molar-refractivity contribution in [3.05, 3.63) is 40.8 Å². The number of aromatic nitrogens is 2. The molecule has 22 heavy (non-hydrogen) atoms. The summed E-state index contributed by atoms with van der Waals surface area (Å²) < 4.78 is 10.1. The van der Waals surface area contributed by atoms with Gasteiger partial charge in [0.05, 0.1) is 42.7 Å². The van der Waals surface area contributed by atoms with Crippen molar-refractivity contribution in [3.63, 3.8) is 0 Å². The van der Waals surface area contributed by atoms with E-state index in [4.69, 9.17) is 9.47 Å². The smallest absolute Gasteiger partial charge is 0.337 e. The minimum absolute atomic E-state index is 0.0448. The van der Waals surface area contributed by atoms with Gasteiger partial charge in [-0.05, 0) is 38.5 Å². The molecule has 1 aliphatic heterocycles. The minimum Gasteiger partial charge on any atom is -0.465 e. The molecule has 1 aromatic carbocycles. The molecule has 1 fully saturated rings. The standard InChI is InChI=1S/C17H20N2O3/c1-10-5-6-12(15(20)21-4)7-13(10)14-11(2)18-16(19-14)17(3)8-22-9-17/h5-7H,8-9H2,1-4H3,(H,18,19). The number of nitrogens with zero attached hydrogens (tertiary/aromatic N) is 1. The molecule has 0 unspecified atom stereocenters. The lowest BCUT2D eigenvalue weighted by Crippen LogP contribution is -2.44. The Balaban J connectivity index is 2.05. The average Bonchev–Trinajstić information content (AvgIpc) is 2.86. The maximum Gasteiger partial charge on any atom is 0.337 e. The van der Waals surface area contributed by atoms with Gasteiger partial charge in [-0.2, -0.15) is 0 Å². The van der Waals surface area contributed by atoms with E-state index in [0.717, 1.165) is 28.3 Å². The molecule has 3 rings (SSSR count). The van der Waals surface area contributed by atoms with Crippen molar-refractivity contribution in [3.8, 4) is 11.3 Å². The molecule has 0 amide bonds. The van der Waals surface area contributed by atoms with Crippen molar-refractivity contribution in [2.45, 2.75) is 26.2 Å². The van der Waals surface area contributed by atoms with Crippen molar-refractivity contribution in [2.75, 3.05) is 20.3 Å². The number of esters is 1. The van der Waals surface area contributed by atoms with Crippen LogP contribution in [0, 0.1) is 13.8 Å². The number of imidazole rings is 1. The van der Waals surface area contributed by atoms with E-state index in [9.17, 15) is 4.79 Å². The van der Waals surface area contributed by atoms with Crippen LogP contribution in [0.2, 0.25) is 0 Å². The number of rotatable bonds is 3. The molecule has 0 bridgehead atoms. The van der Waals surface area contributed by atoms with E-state index >= 15 is 0 Å². The molecule has 1 saturated heterocycles. The predicted octanol–water partition coefficient (Wildman–Crippen LogP) is 2.77. The van der Waals surface area contributed by atoms with Crippen LogP contribution in [-0.4, -0.2) is 36.3 Å². The third-order valence-corrected chi connectivity index (χ3v) is 4.23. The van der Waals surface area contributed by atoms with Gasteiger partial charge in [-0.25, -0.2) is 9.78 Å². The molecule has 0 saturated carbocycles. The zero-order valence-corrected chi connectivity index (χ0v) is 13.3. The Kier molecular flexibility index (Phi) is 3.53. The number of aryl methyl sites for hydroxylation is 2. The molecule has 2 aromatic rings. The Morgan fingerprint density at radius 3 is 2.68 bits per heavy atom. The average molecular weight is 300 g/mol. The van der Waals surface area contributed by atoms with Crippen molar-refractivity contribution < 1.29 is 14.3 Å². The number of methoxy groups -OCH3 is 1. The first-order chi connectivity index (χ1) is 10.4. The molecule has 0 aliphatic carbocycles. The first-order valence-electron chi connectivity index (χ1n) is 7.29. The van der Waals surface area contributed by atoms with Gasteiger partial charge in [0.2, 0.25) is 0 Å². The lowest BCUT2D eigenvalue weighted by Gasteiger charge is -2.36. The van der Waals surface area contributed by atoms with Crippen molar-refractivity contribution in [1.82, 2.24) is 9.97 Å². The number of nitrogens with one attached hydrogen (secondary N) is 1. The zero-order chi connectivity index (χ0) is 15.9. The maximum absolute atomic E-state index is 11.7. The molecule has 0 spiro atoms. The number of carbonyl (C=O) groups is 1. The fourth-order valence-corrected chi connectivity index (χ4v) is 2.69. The number of carbonyl (C=O) groups excluding carboxylic acids is 1. The van der Waals surface area contributed by atoms with Crippen LogP contribution in [0.15, 0.2) is 18.2 Å². The van der Waals surface area contributed by atoms with Crippen molar-refractivity contribution in [1.29, 1.82) is 0 Å². The monoisotopic (exact) mass is 300 g/mol. The van der Waals surface area contributed by atoms with Gasteiger partial charge in [-0.1, -0.05) is 6.07 Å². The van der Waals surface area contributed by atoms with Crippen LogP contribution < -0.4 is 0 Å². The van der Waals surface area contributed by atoms with Crippen LogP contribution in [0.25, 0.3) is 11.3 Å². The molecule has 5 heteroatoms. The van der Waals surface area contributed by atoms with Crippen molar-refractivity contribution in [2.24, 2.45) is 0 Å². The topological polar surface area (TPSA) is 64.2 Å². The first-order valence-corrected chi connectivity index (χ1v) is 7.29. The largest absolute Gasteiger partial charge is 0.465 e. The van der Waals surface area contributed by atoms with Gasteiger partial charge in [0.25, 0.3) is 0 Å². The predicted molar refractivity (Wildman–Crippen MR) is 83.0 cm³/mol. The molecule has 1 N–H and O–H groups in total. The Labute approximate surface area is 129 Å². The van der Waals surface area contributed by atoms with Gasteiger partial charge in [-0.3, -0.25) is 0 Å². The van der Waals surface area contributed by atoms with Crippen LogP contribution in [0.1, 0.15) is 34.4 Å². The first kappa shape index (κ1) is 14.8. The number of hydrogen-bond acceptors (Lipinski definition) is 4. The Bertz CT molecular complexity index is 730. The molecule has 2 heterocycles. The van der Waals surface area contributed by atoms with E-state index in [1.54, 1.807) is 6.07 Å². The summed E-state index contributed by atoms with van der Waals surface area (Å²) in [5.41, 5.74) is 4.43. The van der Waals surface area contributed by atoms with Gasteiger partial charge in [0, 0.05) is 5.56 Å². The summed E-state index contributed by atoms with van der Waals surface area (Å²) in [5, 5.41) is 0. The van der Waals surface area contributed by atoms with Crippen LogP contribution in [0.3, 0.4) is 0 Å². The summed E-state index contributed by atoms with van der Waals surface area (Å²) in [5.74, 6) is 0.604. The molecular weight excluding hydrogens is 280 g/mol. The summed E-state index contributed by atoms with van der Waals surface area (Å²) in [6.45, 7) is 7.49. The molecule has 1 aliphatic rings. The second-order valence-electron chi connectivity index (χ2n) is 6.12. The van der Waals surface area contributed by atoms with Gasteiger partial charge < -0.3 is 14.5 Å². The molecule has 1 aromatic heterocycles. The summed E-state index contributed by atoms with van der Waals surface area (Å²) in [6.07, 6.45) is 0. The van der Waals surface area contributed by atoms with Crippen LogP contribution in [0.5, 0.6) is 0 Å². The Morgan fingerprint density at radius 1 is 1.36 bits per heavy atom. The van der Waals surface area contributed by atoms with Crippen LogP contribution >= 0.6 is 0 Å². The van der Waals surface area contributed by atoms with Gasteiger partial charge in [0.1, 0.15) is 5.82 Å². The van der Waals surface area contributed by atoms with Crippen LogP contribution in [0.4, 0.5) is 0 Å². The molecule has 0 atom stereocenters. The third-order valence-electron chi connectivity index (χ3n) is 4.23. The van der Waals surface area contributed by atoms with E-state index in [2.05, 4.69) is 16.9 Å². The van der Waals surface area contributed by atoms with Gasteiger partial charge >= 0.3 is 5.97 Å². The molecule has 5 nitrogen and oxygen atoms in total. The highest BCUT2D eigenvalue weighted by molar-refractivity contribution is 5.91. The van der Waals surface area contributed by atoms with E-state index in [-0.39, 0.29) is 11.4 Å². The second kappa shape index (κ2) is 5.25. The third kappa shape index (κ3) is 2.31. The lowest BCUT2D eigenvalue weighted by atomic mass is 9.88. The van der Waals surface area contributed by atoms with Gasteiger partial charge in [-0.15, -0.1) is 0 Å². The highest BCUT2D eigenvalue weighted by atomic mass is 16.5. The number of H-pyrrole nitrogens is 1. The second-order valence-corrected chi connectivity index (χ2v) is 6.12. The van der Waals surface area contributed by atoms with E-state index in [0.29, 0.717) is 18.8 Å². The lowest BCUT2D eigenvalue weighted by molar-refractivity contribution is -0.0539. The Hall–Kier alpha value is -2.14. The Morgan fingerprint density at radius 2 is 2.09 bits per heavy atom. The summed E-state index contributed by atoms with van der Waals surface area (Å²) in [7, 11) is 1.39. The SMILES string of the molecule is COC(=O)c1ccc(C)c(-c2[nH]c(C3(C)COC3)nc2C)c1. The quantitative estimate of drug-likeness (QED) is 0.885. The number of ether oxygens (including phenoxy) is 2. The zero-order valence-electron chi connectivity index (χ0n) is 13.3. The fraction of sp³-hybridized carbons (Fsp3) is 0.412. The minimum atomic E-state index is -0.335. The van der Waals surface area contributed by atoms with E-state index in [1.165, 1.54) is 7.11 Å². The number of benzene rings is 1. The highest BCUT2D eigenvalue weighted by Crippen LogP contribution is 2.33. The number of aromatic amines is 1. The normalized spacial score (nSPS) is 16.2. The molecule has 0 radical (unpaired) electrons. The fourth-order valence-electron chi connectivity index (χ4n) is 2.69. The molecular formula is C17H20N2O3. The summed E-state index contributed by atoms with van der Waals surface area (Å²) in [4.78, 5) is 19.8. The molecule has 116 valence electrons. The maximum atomic E-state index is 11.7. The summed E-state index contributed by atoms with van der Waals surface area (Å²) >= 11 is 0. The summed E-state index contributed by atoms with van der Waals surface area (Å²) in [6, 6.07) is 5.55. The van der Waals surface area contributed by atoms with E-state index in [1.807, 2.05) is 26.0 Å². The highest BCUT2D eigenvalue weighted by Gasteiger charge is 2.38. The van der Waals surface area contributed by atoms with E-state index < -0.39 is 0 Å². The van der Waals surface area contributed by atoms with Gasteiger partial charge in [0.15, 0.2) is 0 Å². The van der Waals surface area contributed by atoms with Crippen molar-refractivity contribution >= 4 is 5.97 Å². The van der Waals surface area contributed by atoms with Crippen LogP contribution in [-0.2, 0) is 14.9 Å².